The van der Waals surface area contributed by atoms with Crippen LogP contribution in [0, 0.1) is 0 Å². The Labute approximate surface area is 248 Å². The van der Waals surface area contributed by atoms with E-state index in [4.69, 9.17) is 32.5 Å². The summed E-state index contributed by atoms with van der Waals surface area (Å²) in [4.78, 5) is 40.6. The van der Waals surface area contributed by atoms with Gasteiger partial charge in [-0.2, -0.15) is 0 Å². The zero-order valence-corrected chi connectivity index (χ0v) is 25.6. The number of carboxylic acid groups (broad SMARTS) is 3. The van der Waals surface area contributed by atoms with Crippen molar-refractivity contribution in [3.8, 4) is 0 Å². The van der Waals surface area contributed by atoms with Crippen molar-refractivity contribution in [3.05, 3.63) is 0 Å². The Balaban J connectivity index is -0.000000488. The van der Waals surface area contributed by atoms with Crippen LogP contribution in [-0.2, 0) is 19.2 Å². The number of unbranched alkanes of at least 4 members (excludes halogenated alkanes) is 12. The lowest BCUT2D eigenvalue weighted by molar-refractivity contribution is -0.139. The Morgan fingerprint density at radius 1 is 0.512 bits per heavy atom. The van der Waals surface area contributed by atoms with E-state index in [0.29, 0.717) is 19.3 Å². The van der Waals surface area contributed by atoms with Crippen LogP contribution in [0.5, 0.6) is 0 Å². The maximum Gasteiger partial charge on any atom is 0.303 e. The molecule has 1 rings (SSSR count). The van der Waals surface area contributed by atoms with E-state index in [1.807, 2.05) is 0 Å². The van der Waals surface area contributed by atoms with Crippen molar-refractivity contribution in [2.45, 2.75) is 141 Å². The minimum Gasteiger partial charge on any atom is -0.481 e. The van der Waals surface area contributed by atoms with Crippen LogP contribution >= 0.6 is 0 Å². The van der Waals surface area contributed by atoms with Crippen molar-refractivity contribution in [1.29, 1.82) is 0 Å². The molecule has 1 saturated heterocycles. The smallest absolute Gasteiger partial charge is 0.303 e. The van der Waals surface area contributed by atoms with E-state index in [2.05, 4.69) is 5.32 Å². The van der Waals surface area contributed by atoms with Gasteiger partial charge in [-0.15, -0.1) is 0 Å². The van der Waals surface area contributed by atoms with Gasteiger partial charge in [-0.3, -0.25) is 19.2 Å². The second-order valence-electron chi connectivity index (χ2n) is 10.3. The van der Waals surface area contributed by atoms with Crippen molar-refractivity contribution in [2.75, 3.05) is 26.2 Å². The monoisotopic (exact) mass is 590 g/mol. The molecular formula is C30H62N4O7. The Morgan fingerprint density at radius 3 is 1.17 bits per heavy atom. The summed E-state index contributed by atoms with van der Waals surface area (Å²) in [5.74, 6) is -2.19. The maximum absolute atomic E-state index is 10.6. The molecule has 1 fully saturated rings. The van der Waals surface area contributed by atoms with E-state index in [9.17, 15) is 19.2 Å². The highest BCUT2D eigenvalue weighted by Gasteiger charge is 2.03. The molecule has 0 radical (unpaired) electrons. The number of hydrogen-bond acceptors (Lipinski definition) is 7. The molecule has 0 aromatic carbocycles. The average Bonchev–Trinajstić information content (AvgIpc) is 3.18. The Morgan fingerprint density at radius 2 is 0.829 bits per heavy atom. The summed E-state index contributed by atoms with van der Waals surface area (Å²) >= 11 is 0. The summed E-state index contributed by atoms with van der Waals surface area (Å²) in [6.45, 7) is 3.35. The predicted octanol–water partition coefficient (Wildman–Crippen LogP) is 4.79. The number of nitrogens with two attached hydrogens (primary N) is 3. The number of carbonyl (C=O) groups excluding carboxylic acids is 1. The number of nitrogens with one attached hydrogen (secondary N) is 1. The molecule has 11 heteroatoms. The number of carbonyl (C=O) groups is 4. The standard InChI is InChI=1S/C12H25NO2.C6H16N2.C6H11NO.C6H10O4/c13-11-9-7-5-3-1-2-4-6-8-10-12(14)15;7-5-3-1-2-4-6-8;8-6-4-2-1-3-5-7-6;7-5(8)3-1-2-4-6(9)10/h1-11,13H2,(H,14,15);1-8H2;1-5H2,(H,7,8);1-4H2,(H,7,8)(H,9,10). The van der Waals surface area contributed by atoms with Crippen molar-refractivity contribution in [3.63, 3.8) is 0 Å². The third-order valence-electron chi connectivity index (χ3n) is 6.19. The molecule has 0 aromatic heterocycles. The van der Waals surface area contributed by atoms with E-state index in [-0.39, 0.29) is 18.7 Å². The molecule has 0 aliphatic carbocycles. The van der Waals surface area contributed by atoms with Gasteiger partial charge in [0, 0.05) is 32.2 Å². The van der Waals surface area contributed by atoms with Crippen LogP contribution in [0.25, 0.3) is 0 Å². The fourth-order valence-corrected chi connectivity index (χ4v) is 3.76. The normalized spacial score (nSPS) is 12.2. The first kappa shape index (κ1) is 43.2. The number of hydrogen-bond donors (Lipinski definition) is 7. The first-order valence-corrected chi connectivity index (χ1v) is 15.7. The Bertz CT molecular complexity index is 575. The number of carboxylic acids is 3. The lowest BCUT2D eigenvalue weighted by Gasteiger charge is -2.01. The first-order chi connectivity index (χ1) is 19.7. The van der Waals surface area contributed by atoms with Crippen molar-refractivity contribution in [2.24, 2.45) is 17.2 Å². The van der Waals surface area contributed by atoms with Crippen LogP contribution in [-0.4, -0.2) is 65.3 Å². The summed E-state index contributed by atoms with van der Waals surface area (Å²) in [5, 5.41) is 27.5. The minimum atomic E-state index is -0.870. The van der Waals surface area contributed by atoms with Crippen LogP contribution in [0.15, 0.2) is 0 Å². The lowest BCUT2D eigenvalue weighted by atomic mass is 10.1. The minimum absolute atomic E-state index is 0.0628. The highest BCUT2D eigenvalue weighted by Crippen LogP contribution is 2.10. The highest BCUT2D eigenvalue weighted by molar-refractivity contribution is 5.75. The van der Waals surface area contributed by atoms with Crippen LogP contribution in [0.2, 0.25) is 0 Å². The molecule has 0 saturated carbocycles. The van der Waals surface area contributed by atoms with Crippen LogP contribution in [0.4, 0.5) is 0 Å². The lowest BCUT2D eigenvalue weighted by Crippen LogP contribution is -2.21. The number of rotatable bonds is 21. The van der Waals surface area contributed by atoms with E-state index in [1.165, 1.54) is 57.8 Å². The summed E-state index contributed by atoms with van der Waals surface area (Å²) in [5.41, 5.74) is 16.0. The fourth-order valence-electron chi connectivity index (χ4n) is 3.76. The van der Waals surface area contributed by atoms with Crippen molar-refractivity contribution >= 4 is 23.8 Å². The quantitative estimate of drug-likeness (QED) is 0.0906. The van der Waals surface area contributed by atoms with Gasteiger partial charge in [-0.1, -0.05) is 64.2 Å². The van der Waals surface area contributed by atoms with Gasteiger partial charge in [-0.05, 0) is 71.0 Å². The molecule has 10 N–H and O–H groups in total. The van der Waals surface area contributed by atoms with E-state index < -0.39 is 17.9 Å². The molecule has 1 aliphatic heterocycles. The average molecular weight is 591 g/mol. The molecule has 0 spiro atoms. The summed E-state index contributed by atoms with van der Waals surface area (Å²) < 4.78 is 0. The molecule has 11 nitrogen and oxygen atoms in total. The van der Waals surface area contributed by atoms with Gasteiger partial charge in [0.15, 0.2) is 0 Å². The Kier molecular flexibility index (Phi) is 39.8. The van der Waals surface area contributed by atoms with Gasteiger partial charge in [0.05, 0.1) is 0 Å². The molecule has 1 heterocycles. The molecule has 41 heavy (non-hydrogen) atoms. The SMILES string of the molecule is NCCCCCCCCCCCC(=O)O.NCCCCCCN.O=C(O)CCCCC(=O)O.O=C1CCCCCN1. The maximum atomic E-state index is 10.6. The van der Waals surface area contributed by atoms with E-state index in [0.717, 1.165) is 77.5 Å². The van der Waals surface area contributed by atoms with Crippen molar-refractivity contribution < 1.29 is 34.5 Å². The molecule has 0 atom stereocenters. The Hall–Kier alpha value is -2.24. The number of aliphatic carboxylic acids is 3. The van der Waals surface area contributed by atoms with Gasteiger partial charge in [0.1, 0.15) is 0 Å². The summed E-state index contributed by atoms with van der Waals surface area (Å²) in [6, 6.07) is 0. The van der Waals surface area contributed by atoms with Gasteiger partial charge >= 0.3 is 17.9 Å². The van der Waals surface area contributed by atoms with Crippen LogP contribution in [0.1, 0.15) is 141 Å². The van der Waals surface area contributed by atoms with Crippen LogP contribution in [0.3, 0.4) is 0 Å². The third-order valence-corrected chi connectivity index (χ3v) is 6.19. The second kappa shape index (κ2) is 37.8. The second-order valence-corrected chi connectivity index (χ2v) is 10.3. The predicted molar refractivity (Wildman–Crippen MR) is 165 cm³/mol. The summed E-state index contributed by atoms with van der Waals surface area (Å²) in [7, 11) is 0. The number of amides is 1. The fraction of sp³-hybridized carbons (Fsp3) is 0.867. The largest absolute Gasteiger partial charge is 0.481 e. The molecule has 0 aromatic rings. The van der Waals surface area contributed by atoms with Gasteiger partial charge in [0.2, 0.25) is 5.91 Å². The molecule has 244 valence electrons. The highest BCUT2D eigenvalue weighted by atomic mass is 16.4. The molecule has 0 unspecified atom stereocenters. The molecule has 1 amide bonds. The van der Waals surface area contributed by atoms with Gasteiger partial charge < -0.3 is 37.8 Å². The topological polar surface area (TPSA) is 219 Å². The third kappa shape index (κ3) is 51.0. The summed E-state index contributed by atoms with van der Waals surface area (Å²) in [6.07, 6.45) is 21.0. The molecule has 1 aliphatic rings. The van der Waals surface area contributed by atoms with Gasteiger partial charge in [0.25, 0.3) is 0 Å². The first-order valence-electron chi connectivity index (χ1n) is 15.7. The zero-order valence-electron chi connectivity index (χ0n) is 25.6. The van der Waals surface area contributed by atoms with Crippen LogP contribution < -0.4 is 22.5 Å². The van der Waals surface area contributed by atoms with Gasteiger partial charge in [-0.25, -0.2) is 0 Å². The zero-order chi connectivity index (χ0) is 31.4. The van der Waals surface area contributed by atoms with E-state index in [1.54, 1.807) is 0 Å². The molecule has 0 bridgehead atoms. The van der Waals surface area contributed by atoms with E-state index >= 15 is 0 Å². The van der Waals surface area contributed by atoms with Crippen molar-refractivity contribution in [1.82, 2.24) is 5.32 Å². The molecular weight excluding hydrogens is 528 g/mol.